The van der Waals surface area contributed by atoms with E-state index in [1.165, 1.54) is 4.90 Å². The molecule has 1 aliphatic heterocycles. The van der Waals surface area contributed by atoms with Gasteiger partial charge in [0.15, 0.2) is 0 Å². The first-order valence-corrected chi connectivity index (χ1v) is 7.62. The monoisotopic (exact) mass is 265 g/mol. The molecular weight excluding hydrogens is 242 g/mol. The summed E-state index contributed by atoms with van der Waals surface area (Å²) in [6, 6.07) is 0. The highest BCUT2D eigenvalue weighted by atomic mass is 16.3. The summed E-state index contributed by atoms with van der Waals surface area (Å²) in [6.07, 6.45) is 7.55. The van der Waals surface area contributed by atoms with Crippen LogP contribution in [0.5, 0.6) is 0 Å². The first-order chi connectivity index (χ1) is 9.16. The van der Waals surface area contributed by atoms with Crippen LogP contribution in [0.4, 0.5) is 0 Å². The summed E-state index contributed by atoms with van der Waals surface area (Å²) >= 11 is 0. The lowest BCUT2D eigenvalue weighted by molar-refractivity contribution is -0.142. The van der Waals surface area contributed by atoms with E-state index in [1.54, 1.807) is 0 Å². The van der Waals surface area contributed by atoms with Gasteiger partial charge in [-0.1, -0.05) is 19.3 Å². The van der Waals surface area contributed by atoms with E-state index >= 15 is 0 Å². The van der Waals surface area contributed by atoms with E-state index in [-0.39, 0.29) is 29.8 Å². The van der Waals surface area contributed by atoms with Crippen LogP contribution < -0.4 is 0 Å². The van der Waals surface area contributed by atoms with Gasteiger partial charge in [0.1, 0.15) is 0 Å². The van der Waals surface area contributed by atoms with E-state index in [0.717, 1.165) is 44.9 Å². The number of carbonyl (C=O) groups is 2. The molecule has 3 fully saturated rings. The van der Waals surface area contributed by atoms with Gasteiger partial charge in [-0.05, 0) is 37.5 Å². The number of hydrogen-bond donors (Lipinski definition) is 1. The Balaban J connectivity index is 1.71. The maximum absolute atomic E-state index is 12.6. The molecule has 1 heterocycles. The summed E-state index contributed by atoms with van der Waals surface area (Å²) < 4.78 is 0. The average molecular weight is 265 g/mol. The molecule has 4 nitrogen and oxygen atoms in total. The standard InChI is InChI=1S/C15H23NO3/c17-10-12-5-3-4-11(12)9-16-13(18)8-15(14(16)19)6-1-2-7-15/h11-12,17H,1-10H2. The number of rotatable bonds is 3. The number of aliphatic hydroxyl groups is 1. The molecule has 0 radical (unpaired) electrons. The lowest BCUT2D eigenvalue weighted by Gasteiger charge is -2.25. The van der Waals surface area contributed by atoms with Crippen LogP contribution in [0, 0.1) is 17.3 Å². The molecule has 1 spiro atoms. The Hall–Kier alpha value is -0.900. The Labute approximate surface area is 114 Å². The molecule has 2 aliphatic carbocycles. The van der Waals surface area contributed by atoms with Gasteiger partial charge in [0.05, 0.1) is 5.41 Å². The number of hydrogen-bond acceptors (Lipinski definition) is 3. The summed E-state index contributed by atoms with van der Waals surface area (Å²) in [5.74, 6) is 0.698. The van der Waals surface area contributed by atoms with Crippen LogP contribution in [0.1, 0.15) is 51.4 Å². The van der Waals surface area contributed by atoms with E-state index in [2.05, 4.69) is 0 Å². The number of nitrogens with zero attached hydrogens (tertiary/aromatic N) is 1. The molecular formula is C15H23NO3. The van der Waals surface area contributed by atoms with Gasteiger partial charge < -0.3 is 5.11 Å². The number of imide groups is 1. The zero-order valence-corrected chi connectivity index (χ0v) is 11.4. The average Bonchev–Trinajstić information content (AvgIpc) is 3.08. The molecule has 0 aromatic heterocycles. The predicted octanol–water partition coefficient (Wildman–Crippen LogP) is 1.71. The first kappa shape index (κ1) is 13.1. The molecule has 0 aromatic carbocycles. The lowest BCUT2D eigenvalue weighted by atomic mass is 9.84. The second-order valence-electron chi connectivity index (χ2n) is 6.61. The summed E-state index contributed by atoms with van der Waals surface area (Å²) in [5, 5.41) is 9.36. The van der Waals surface area contributed by atoms with Crippen LogP contribution in [0.2, 0.25) is 0 Å². The Morgan fingerprint density at radius 1 is 1.11 bits per heavy atom. The Bertz CT molecular complexity index is 387. The first-order valence-electron chi connectivity index (χ1n) is 7.62. The van der Waals surface area contributed by atoms with E-state index in [4.69, 9.17) is 0 Å². The van der Waals surface area contributed by atoms with Crippen LogP contribution in [-0.2, 0) is 9.59 Å². The summed E-state index contributed by atoms with van der Waals surface area (Å²) in [6.45, 7) is 0.733. The highest BCUT2D eigenvalue weighted by Crippen LogP contribution is 2.47. The summed E-state index contributed by atoms with van der Waals surface area (Å²) in [5.41, 5.74) is -0.343. The maximum Gasteiger partial charge on any atom is 0.235 e. The summed E-state index contributed by atoms with van der Waals surface area (Å²) in [4.78, 5) is 26.3. The van der Waals surface area contributed by atoms with Crippen molar-refractivity contribution < 1.29 is 14.7 Å². The SMILES string of the molecule is O=C1CC2(CCCC2)C(=O)N1CC1CCCC1CO. The highest BCUT2D eigenvalue weighted by Gasteiger charge is 2.53. The topological polar surface area (TPSA) is 57.6 Å². The van der Waals surface area contributed by atoms with Gasteiger partial charge in [-0.2, -0.15) is 0 Å². The molecule has 2 unspecified atom stereocenters. The second kappa shape index (κ2) is 4.89. The van der Waals surface area contributed by atoms with E-state index in [9.17, 15) is 14.7 Å². The van der Waals surface area contributed by atoms with Crippen molar-refractivity contribution in [3.8, 4) is 0 Å². The smallest absolute Gasteiger partial charge is 0.235 e. The summed E-state index contributed by atoms with van der Waals surface area (Å²) in [7, 11) is 0. The van der Waals surface area contributed by atoms with Crippen molar-refractivity contribution in [1.82, 2.24) is 4.90 Å². The maximum atomic E-state index is 12.6. The van der Waals surface area contributed by atoms with Gasteiger partial charge >= 0.3 is 0 Å². The van der Waals surface area contributed by atoms with Gasteiger partial charge in [0.25, 0.3) is 0 Å². The third kappa shape index (κ3) is 2.10. The third-order valence-electron chi connectivity index (χ3n) is 5.52. The molecule has 3 aliphatic rings. The number of likely N-dealkylation sites (tertiary alicyclic amines) is 1. The predicted molar refractivity (Wildman–Crippen MR) is 70.2 cm³/mol. The second-order valence-corrected chi connectivity index (χ2v) is 6.61. The van der Waals surface area contributed by atoms with Crippen molar-refractivity contribution in [2.45, 2.75) is 51.4 Å². The molecule has 2 amide bonds. The van der Waals surface area contributed by atoms with Crippen LogP contribution in [0.25, 0.3) is 0 Å². The van der Waals surface area contributed by atoms with Crippen LogP contribution >= 0.6 is 0 Å². The molecule has 0 aromatic rings. The van der Waals surface area contributed by atoms with Crippen molar-refractivity contribution in [2.24, 2.45) is 17.3 Å². The Kier molecular flexibility index (Phi) is 3.37. The fourth-order valence-electron chi connectivity index (χ4n) is 4.32. The van der Waals surface area contributed by atoms with Crippen molar-refractivity contribution >= 4 is 11.8 Å². The molecule has 4 heteroatoms. The molecule has 2 saturated carbocycles. The molecule has 19 heavy (non-hydrogen) atoms. The molecule has 106 valence electrons. The van der Waals surface area contributed by atoms with Crippen molar-refractivity contribution in [3.63, 3.8) is 0 Å². The molecule has 3 rings (SSSR count). The van der Waals surface area contributed by atoms with Crippen molar-refractivity contribution in [1.29, 1.82) is 0 Å². The van der Waals surface area contributed by atoms with Gasteiger partial charge in [-0.3, -0.25) is 14.5 Å². The third-order valence-corrected chi connectivity index (χ3v) is 5.52. The zero-order valence-electron chi connectivity index (χ0n) is 11.4. The highest BCUT2D eigenvalue weighted by molar-refractivity contribution is 6.06. The Morgan fingerprint density at radius 2 is 1.79 bits per heavy atom. The van der Waals surface area contributed by atoms with Gasteiger partial charge in [-0.25, -0.2) is 0 Å². The fraction of sp³-hybridized carbons (Fsp3) is 0.867. The molecule has 2 atom stereocenters. The van der Waals surface area contributed by atoms with Gasteiger partial charge in [0, 0.05) is 19.6 Å². The number of aliphatic hydroxyl groups excluding tert-OH is 1. The van der Waals surface area contributed by atoms with E-state index < -0.39 is 0 Å². The quantitative estimate of drug-likeness (QED) is 0.790. The van der Waals surface area contributed by atoms with E-state index in [1.807, 2.05) is 0 Å². The van der Waals surface area contributed by atoms with Crippen LogP contribution in [-0.4, -0.2) is 35.0 Å². The van der Waals surface area contributed by atoms with E-state index in [0.29, 0.717) is 18.9 Å². The minimum Gasteiger partial charge on any atom is -0.396 e. The zero-order chi connectivity index (χ0) is 13.5. The van der Waals surface area contributed by atoms with Crippen LogP contribution in [0.15, 0.2) is 0 Å². The molecule has 1 N–H and O–H groups in total. The lowest BCUT2D eigenvalue weighted by Crippen LogP contribution is -2.39. The van der Waals surface area contributed by atoms with Crippen molar-refractivity contribution in [3.05, 3.63) is 0 Å². The van der Waals surface area contributed by atoms with Crippen molar-refractivity contribution in [2.75, 3.05) is 13.2 Å². The van der Waals surface area contributed by atoms with Gasteiger partial charge in [0.2, 0.25) is 11.8 Å². The number of carbonyl (C=O) groups excluding carboxylic acids is 2. The van der Waals surface area contributed by atoms with Gasteiger partial charge in [-0.15, -0.1) is 0 Å². The number of amides is 2. The molecule has 0 bridgehead atoms. The minimum absolute atomic E-state index is 0.0236. The minimum atomic E-state index is -0.343. The van der Waals surface area contributed by atoms with Crippen LogP contribution in [0.3, 0.4) is 0 Å². The Morgan fingerprint density at radius 3 is 2.47 bits per heavy atom. The largest absolute Gasteiger partial charge is 0.396 e. The fourth-order valence-corrected chi connectivity index (χ4v) is 4.32. The molecule has 1 saturated heterocycles. The normalized spacial score (nSPS) is 33.8.